The van der Waals surface area contributed by atoms with Crippen LogP contribution in [0.2, 0.25) is 5.02 Å². The molecule has 3 aliphatic heterocycles. The molecule has 0 aromatic heterocycles. The van der Waals surface area contributed by atoms with Gasteiger partial charge in [0.1, 0.15) is 11.6 Å². The molecule has 2 aromatic carbocycles. The van der Waals surface area contributed by atoms with E-state index in [1.807, 2.05) is 43.3 Å². The summed E-state index contributed by atoms with van der Waals surface area (Å²) in [4.78, 5) is 43.7. The van der Waals surface area contributed by atoms with Gasteiger partial charge in [-0.2, -0.15) is 0 Å². The molecule has 2 aromatic rings. The van der Waals surface area contributed by atoms with Crippen LogP contribution in [0, 0.1) is 18.8 Å². The predicted octanol–water partition coefficient (Wildman–Crippen LogP) is 4.45. The van der Waals surface area contributed by atoms with Crippen molar-refractivity contribution in [2.45, 2.75) is 69.2 Å². The van der Waals surface area contributed by atoms with Gasteiger partial charge in [0, 0.05) is 23.3 Å². The van der Waals surface area contributed by atoms with Crippen LogP contribution in [-0.2, 0) is 25.5 Å². The number of carbonyl (C=O) groups is 3. The summed E-state index contributed by atoms with van der Waals surface area (Å²) in [5.74, 6) is -1.22. The number of carbonyl (C=O) groups excluding carboxylic acids is 3. The van der Waals surface area contributed by atoms with E-state index in [0.29, 0.717) is 28.6 Å². The minimum absolute atomic E-state index is 0.0625. The van der Waals surface area contributed by atoms with Crippen LogP contribution < -0.4 is 20.1 Å². The molecule has 0 radical (unpaired) electrons. The average Bonchev–Trinajstić information content (AvgIpc) is 3.65. The number of nitrogens with one attached hydrogen (secondary N) is 2. The number of fused-ring (bicyclic) bond motifs is 1. The Morgan fingerprint density at radius 3 is 2.53 bits per heavy atom. The first kappa shape index (κ1) is 29.5. The van der Waals surface area contributed by atoms with Crippen LogP contribution in [0.25, 0.3) is 0 Å². The summed E-state index contributed by atoms with van der Waals surface area (Å²) in [6.07, 6.45) is 8.67. The molecule has 228 valence electrons. The van der Waals surface area contributed by atoms with Crippen molar-refractivity contribution in [1.29, 1.82) is 0 Å². The molecular formula is C33H38ClN3O6. The van der Waals surface area contributed by atoms with Crippen LogP contribution in [0.4, 0.5) is 5.69 Å². The molecule has 3 amide bonds. The van der Waals surface area contributed by atoms with Gasteiger partial charge < -0.3 is 29.7 Å². The Bertz CT molecular complexity index is 1460. The number of rotatable bonds is 9. The second-order valence-electron chi connectivity index (χ2n) is 12.0. The van der Waals surface area contributed by atoms with Crippen molar-refractivity contribution >= 4 is 35.0 Å². The number of hydrogen-bond acceptors (Lipinski definition) is 6. The number of nitrogens with zero attached hydrogens (tertiary/aromatic N) is 1. The normalized spacial score (nSPS) is 27.7. The van der Waals surface area contributed by atoms with Crippen molar-refractivity contribution in [1.82, 2.24) is 10.2 Å². The maximum atomic E-state index is 14.3. The third-order valence-corrected chi connectivity index (χ3v) is 9.81. The third kappa shape index (κ3) is 5.27. The van der Waals surface area contributed by atoms with E-state index in [1.54, 1.807) is 31.3 Å². The van der Waals surface area contributed by atoms with Gasteiger partial charge in [-0.15, -0.1) is 0 Å². The van der Waals surface area contributed by atoms with E-state index in [1.165, 1.54) is 0 Å². The Labute approximate surface area is 256 Å². The lowest BCUT2D eigenvalue weighted by molar-refractivity contribution is -0.141. The zero-order valence-electron chi connectivity index (χ0n) is 24.7. The fraction of sp³-hybridized carbons (Fsp3) is 0.485. The van der Waals surface area contributed by atoms with Crippen molar-refractivity contribution in [3.8, 4) is 11.5 Å². The van der Waals surface area contributed by atoms with Gasteiger partial charge in [-0.05, 0) is 61.6 Å². The first-order valence-electron chi connectivity index (χ1n) is 15.0. The molecule has 9 nitrogen and oxygen atoms in total. The standard InChI is InChI=1S/C33H38ClN3O6/c1-19-9-11-22(18-23(19)34)36-30(38)27-25-13-15-33(43-25)28(27)32(40)37(29(33)31(39)35-21-7-5-4-6-8-21)16-14-20-10-12-24(41-2)26(17-20)42-3/h9-13,15,17-18,21,25,27-29H,4-8,14,16H2,1-3H3,(H,35,39)(H,36,38). The SMILES string of the molecule is COc1ccc(CCN2C(=O)C3C(C(=O)Nc4ccc(C)c(Cl)c4)C4C=CC3(O4)C2C(=O)NC2CCCCC2)cc1OC. The molecule has 2 saturated heterocycles. The molecule has 4 aliphatic rings. The molecule has 1 spiro atoms. The minimum Gasteiger partial charge on any atom is -0.493 e. The van der Waals surface area contributed by atoms with Gasteiger partial charge in [0.15, 0.2) is 11.5 Å². The van der Waals surface area contributed by atoms with E-state index in [9.17, 15) is 14.4 Å². The number of methoxy groups -OCH3 is 2. The number of anilines is 1. The smallest absolute Gasteiger partial charge is 0.246 e. The molecule has 2 bridgehead atoms. The molecule has 1 aliphatic carbocycles. The fourth-order valence-electron chi connectivity index (χ4n) is 7.22. The van der Waals surface area contributed by atoms with E-state index >= 15 is 0 Å². The minimum atomic E-state index is -1.22. The maximum Gasteiger partial charge on any atom is 0.246 e. The summed E-state index contributed by atoms with van der Waals surface area (Å²) in [5, 5.41) is 6.71. The maximum absolute atomic E-state index is 14.3. The Morgan fingerprint density at radius 2 is 1.81 bits per heavy atom. The Hall–Kier alpha value is -3.56. The number of halogens is 1. The highest BCUT2D eigenvalue weighted by molar-refractivity contribution is 6.31. The molecule has 10 heteroatoms. The molecule has 6 rings (SSSR count). The van der Waals surface area contributed by atoms with Crippen molar-refractivity contribution in [2.24, 2.45) is 11.8 Å². The summed E-state index contributed by atoms with van der Waals surface area (Å²) in [7, 11) is 3.16. The van der Waals surface area contributed by atoms with Crippen LogP contribution in [0.5, 0.6) is 11.5 Å². The summed E-state index contributed by atoms with van der Waals surface area (Å²) in [5.41, 5.74) is 1.15. The molecule has 5 unspecified atom stereocenters. The lowest BCUT2D eigenvalue weighted by Crippen LogP contribution is -2.56. The lowest BCUT2D eigenvalue weighted by atomic mass is 9.74. The fourth-order valence-corrected chi connectivity index (χ4v) is 7.40. The van der Waals surface area contributed by atoms with Crippen LogP contribution >= 0.6 is 11.6 Å². The monoisotopic (exact) mass is 607 g/mol. The van der Waals surface area contributed by atoms with E-state index in [4.69, 9.17) is 25.8 Å². The summed E-state index contributed by atoms with van der Waals surface area (Å²) in [6.45, 7) is 2.16. The van der Waals surface area contributed by atoms with Gasteiger partial charge in [-0.25, -0.2) is 0 Å². The highest BCUT2D eigenvalue weighted by atomic mass is 35.5. The third-order valence-electron chi connectivity index (χ3n) is 9.41. The van der Waals surface area contributed by atoms with E-state index in [-0.39, 0.29) is 30.3 Å². The Balaban J connectivity index is 1.29. The van der Waals surface area contributed by atoms with Crippen molar-refractivity contribution in [3.63, 3.8) is 0 Å². The van der Waals surface area contributed by atoms with E-state index in [2.05, 4.69) is 10.6 Å². The second kappa shape index (κ2) is 11.8. The van der Waals surface area contributed by atoms with Gasteiger partial charge >= 0.3 is 0 Å². The van der Waals surface area contributed by atoms with E-state index < -0.39 is 29.6 Å². The van der Waals surface area contributed by atoms with Gasteiger partial charge in [0.2, 0.25) is 17.7 Å². The summed E-state index contributed by atoms with van der Waals surface area (Å²) >= 11 is 6.30. The first-order valence-corrected chi connectivity index (χ1v) is 15.4. The van der Waals surface area contributed by atoms with Gasteiger partial charge in [-0.1, -0.05) is 55.1 Å². The van der Waals surface area contributed by atoms with Crippen molar-refractivity contribution in [2.75, 3.05) is 26.1 Å². The van der Waals surface area contributed by atoms with E-state index in [0.717, 1.165) is 43.2 Å². The van der Waals surface area contributed by atoms with Crippen molar-refractivity contribution < 1.29 is 28.6 Å². The summed E-state index contributed by atoms with van der Waals surface area (Å²) < 4.78 is 17.3. The van der Waals surface area contributed by atoms with Crippen LogP contribution in [0.1, 0.15) is 43.2 Å². The molecule has 5 atom stereocenters. The summed E-state index contributed by atoms with van der Waals surface area (Å²) in [6, 6.07) is 10.1. The molecule has 3 heterocycles. The average molecular weight is 608 g/mol. The number of likely N-dealkylation sites (tertiary alicyclic amines) is 1. The molecule has 3 fully saturated rings. The quantitative estimate of drug-likeness (QED) is 0.408. The number of amides is 3. The lowest BCUT2D eigenvalue weighted by Gasteiger charge is -2.34. The molecule has 2 N–H and O–H groups in total. The zero-order chi connectivity index (χ0) is 30.3. The van der Waals surface area contributed by atoms with Gasteiger partial charge in [-0.3, -0.25) is 14.4 Å². The molecular weight excluding hydrogens is 570 g/mol. The largest absolute Gasteiger partial charge is 0.493 e. The number of aryl methyl sites for hydroxylation is 1. The predicted molar refractivity (Wildman–Crippen MR) is 162 cm³/mol. The molecule has 43 heavy (non-hydrogen) atoms. The van der Waals surface area contributed by atoms with Gasteiger partial charge in [0.05, 0.1) is 32.2 Å². The highest BCUT2D eigenvalue weighted by Crippen LogP contribution is 2.55. The Morgan fingerprint density at radius 1 is 1.05 bits per heavy atom. The number of benzene rings is 2. The van der Waals surface area contributed by atoms with Gasteiger partial charge in [0.25, 0.3) is 0 Å². The molecule has 1 saturated carbocycles. The topological polar surface area (TPSA) is 106 Å². The van der Waals surface area contributed by atoms with Crippen LogP contribution in [0.15, 0.2) is 48.6 Å². The highest BCUT2D eigenvalue weighted by Gasteiger charge is 2.72. The zero-order valence-corrected chi connectivity index (χ0v) is 25.5. The van der Waals surface area contributed by atoms with Crippen molar-refractivity contribution in [3.05, 3.63) is 64.7 Å². The first-order chi connectivity index (χ1) is 20.8. The van der Waals surface area contributed by atoms with Crippen LogP contribution in [0.3, 0.4) is 0 Å². The number of ether oxygens (including phenoxy) is 3. The van der Waals surface area contributed by atoms with Crippen LogP contribution in [-0.4, -0.2) is 67.2 Å². The Kier molecular flexibility index (Phi) is 8.13. The number of hydrogen-bond donors (Lipinski definition) is 2. The second-order valence-corrected chi connectivity index (χ2v) is 12.4.